The molecule has 0 spiro atoms. The average molecular weight is 256 g/mol. The summed E-state index contributed by atoms with van der Waals surface area (Å²) in [5.41, 5.74) is 0.438. The Morgan fingerprint density at radius 1 is 1.31 bits per heavy atom. The van der Waals surface area contributed by atoms with Gasteiger partial charge in [0.1, 0.15) is 5.76 Å². The molecule has 92 valence electrons. The number of halogens is 4. The summed E-state index contributed by atoms with van der Waals surface area (Å²) >= 11 is 5.08. The van der Waals surface area contributed by atoms with E-state index in [1.165, 1.54) is 12.3 Å². The van der Waals surface area contributed by atoms with E-state index in [9.17, 15) is 13.2 Å². The number of alkyl halides is 3. The molecule has 2 nitrogen and oxygen atoms in total. The van der Waals surface area contributed by atoms with Gasteiger partial charge in [0.2, 0.25) is 0 Å². The van der Waals surface area contributed by atoms with E-state index in [0.717, 1.165) is 0 Å². The summed E-state index contributed by atoms with van der Waals surface area (Å²) in [4.78, 5) is 1.68. The van der Waals surface area contributed by atoms with Crippen molar-refractivity contribution in [1.82, 2.24) is 4.84 Å². The molecule has 0 saturated heterocycles. The summed E-state index contributed by atoms with van der Waals surface area (Å²) in [6.45, 7) is 5.66. The molecule has 0 amide bonds. The zero-order chi connectivity index (χ0) is 12.6. The van der Waals surface area contributed by atoms with Gasteiger partial charge < -0.3 is 4.42 Å². The highest BCUT2D eigenvalue weighted by molar-refractivity contribution is 6.13. The van der Waals surface area contributed by atoms with Gasteiger partial charge in [-0.2, -0.15) is 13.2 Å². The summed E-state index contributed by atoms with van der Waals surface area (Å²) in [5, 5.41) is 0. The van der Waals surface area contributed by atoms with Gasteiger partial charge in [0.05, 0.1) is 6.26 Å². The monoisotopic (exact) mass is 255 g/mol. The van der Waals surface area contributed by atoms with Crippen molar-refractivity contribution in [2.45, 2.75) is 38.4 Å². The van der Waals surface area contributed by atoms with Crippen molar-refractivity contribution < 1.29 is 17.6 Å². The Kier molecular flexibility index (Phi) is 3.59. The van der Waals surface area contributed by atoms with Crippen molar-refractivity contribution in [3.05, 3.63) is 23.7 Å². The van der Waals surface area contributed by atoms with Crippen LogP contribution in [0.3, 0.4) is 0 Å². The molecule has 1 heterocycles. The second kappa shape index (κ2) is 4.30. The number of hydrogen-bond donors (Lipinski definition) is 1. The minimum atomic E-state index is -4.48. The molecule has 0 saturated carbocycles. The Labute approximate surface area is 96.9 Å². The predicted molar refractivity (Wildman–Crippen MR) is 55.2 cm³/mol. The highest BCUT2D eigenvalue weighted by atomic mass is 35.5. The van der Waals surface area contributed by atoms with Gasteiger partial charge in [0.15, 0.2) is 6.04 Å². The van der Waals surface area contributed by atoms with Crippen molar-refractivity contribution in [2.75, 3.05) is 0 Å². The van der Waals surface area contributed by atoms with E-state index in [4.69, 9.17) is 16.2 Å². The van der Waals surface area contributed by atoms with E-state index in [2.05, 4.69) is 0 Å². The van der Waals surface area contributed by atoms with Gasteiger partial charge in [-0.15, -0.1) is 0 Å². The van der Waals surface area contributed by atoms with E-state index in [1.54, 1.807) is 4.84 Å². The van der Waals surface area contributed by atoms with Crippen LogP contribution in [0.2, 0.25) is 0 Å². The van der Waals surface area contributed by atoms with Crippen LogP contribution in [0, 0.1) is 0 Å². The second-order valence-corrected chi connectivity index (χ2v) is 4.79. The Bertz CT molecular complexity index is 354. The minimum Gasteiger partial charge on any atom is -0.467 e. The normalized spacial score (nSPS) is 15.2. The molecule has 0 aliphatic carbocycles. The summed E-state index contributed by atoms with van der Waals surface area (Å²) in [7, 11) is 0. The van der Waals surface area contributed by atoms with Crippen LogP contribution in [0.5, 0.6) is 0 Å². The van der Waals surface area contributed by atoms with Gasteiger partial charge in [-0.3, -0.25) is 0 Å². The molecule has 0 aliphatic heterocycles. The second-order valence-electron chi connectivity index (χ2n) is 4.57. The van der Waals surface area contributed by atoms with Crippen LogP contribution in [0.1, 0.15) is 38.1 Å². The van der Waals surface area contributed by atoms with Gasteiger partial charge in [0, 0.05) is 0 Å². The smallest absolute Gasteiger partial charge is 0.412 e. The lowest BCUT2D eigenvalue weighted by Gasteiger charge is -2.16. The lowest BCUT2D eigenvalue weighted by atomic mass is 9.89. The molecular weight excluding hydrogens is 243 g/mol. The number of nitrogens with one attached hydrogen (secondary N) is 1. The summed E-state index contributed by atoms with van der Waals surface area (Å²) in [6.07, 6.45) is -3.16. The van der Waals surface area contributed by atoms with Crippen LogP contribution >= 0.6 is 11.8 Å². The van der Waals surface area contributed by atoms with Crippen LogP contribution in [-0.2, 0) is 5.41 Å². The molecule has 0 unspecified atom stereocenters. The number of furan rings is 1. The van der Waals surface area contributed by atoms with Crippen molar-refractivity contribution in [3.8, 4) is 0 Å². The maximum absolute atomic E-state index is 12.5. The summed E-state index contributed by atoms with van der Waals surface area (Å²) in [6, 6.07) is -0.613. The lowest BCUT2D eigenvalue weighted by Crippen LogP contribution is -2.28. The maximum Gasteiger partial charge on any atom is 0.412 e. The molecule has 0 radical (unpaired) electrons. The van der Waals surface area contributed by atoms with E-state index in [-0.39, 0.29) is 11.2 Å². The van der Waals surface area contributed by atoms with E-state index in [0.29, 0.717) is 5.56 Å². The Morgan fingerprint density at radius 2 is 1.88 bits per heavy atom. The fourth-order valence-electron chi connectivity index (χ4n) is 1.17. The van der Waals surface area contributed by atoms with Crippen LogP contribution < -0.4 is 4.84 Å². The Balaban J connectivity index is 3.01. The molecule has 0 bridgehead atoms. The third-order valence-corrected chi connectivity index (χ3v) is 2.42. The first kappa shape index (κ1) is 13.4. The molecule has 1 atom stereocenters. The first-order valence-electron chi connectivity index (χ1n) is 4.68. The standard InChI is InChI=1S/C10H13ClF3NO/c1-9(2,3)6-4-7(16-5-6)8(15-11)10(12,13)14/h4-5,8,15H,1-3H3/t8-/m0/s1. The van der Waals surface area contributed by atoms with E-state index < -0.39 is 12.2 Å². The van der Waals surface area contributed by atoms with Crippen molar-refractivity contribution in [2.24, 2.45) is 0 Å². The first-order valence-corrected chi connectivity index (χ1v) is 5.06. The predicted octanol–water partition coefficient (Wildman–Crippen LogP) is 3.92. The van der Waals surface area contributed by atoms with Crippen molar-refractivity contribution >= 4 is 11.8 Å². The van der Waals surface area contributed by atoms with Gasteiger partial charge in [-0.1, -0.05) is 20.8 Å². The molecule has 0 aliphatic rings. The average Bonchev–Trinajstić information content (AvgIpc) is 2.50. The summed E-state index contributed by atoms with van der Waals surface area (Å²) in [5.74, 6) is -0.229. The molecule has 1 aromatic rings. The lowest BCUT2D eigenvalue weighted by molar-refractivity contribution is -0.156. The topological polar surface area (TPSA) is 25.2 Å². The Hall–Kier alpha value is -0.680. The van der Waals surface area contributed by atoms with Crippen LogP contribution in [0.4, 0.5) is 13.2 Å². The van der Waals surface area contributed by atoms with Crippen molar-refractivity contribution in [1.29, 1.82) is 0 Å². The molecule has 6 heteroatoms. The molecule has 1 aromatic heterocycles. The van der Waals surface area contributed by atoms with Gasteiger partial charge in [-0.05, 0) is 28.8 Å². The van der Waals surface area contributed by atoms with E-state index >= 15 is 0 Å². The van der Waals surface area contributed by atoms with E-state index in [1.807, 2.05) is 20.8 Å². The largest absolute Gasteiger partial charge is 0.467 e. The molecule has 1 N–H and O–H groups in total. The third kappa shape index (κ3) is 2.92. The Morgan fingerprint density at radius 3 is 2.19 bits per heavy atom. The van der Waals surface area contributed by atoms with Gasteiger partial charge in [-0.25, -0.2) is 4.84 Å². The zero-order valence-corrected chi connectivity index (χ0v) is 9.91. The van der Waals surface area contributed by atoms with Crippen molar-refractivity contribution in [3.63, 3.8) is 0 Å². The SMILES string of the molecule is CC(C)(C)c1coc([C@H](NCl)C(F)(F)F)c1. The maximum atomic E-state index is 12.5. The third-order valence-electron chi connectivity index (χ3n) is 2.21. The molecule has 1 rings (SSSR count). The zero-order valence-electron chi connectivity index (χ0n) is 9.15. The highest BCUT2D eigenvalue weighted by Gasteiger charge is 2.43. The number of hydrogen-bond acceptors (Lipinski definition) is 2. The van der Waals surface area contributed by atoms with Crippen LogP contribution in [0.25, 0.3) is 0 Å². The molecular formula is C10H13ClF3NO. The van der Waals surface area contributed by atoms with Gasteiger partial charge >= 0.3 is 6.18 Å². The number of rotatable bonds is 2. The summed E-state index contributed by atoms with van der Waals surface area (Å²) < 4.78 is 42.4. The molecule has 16 heavy (non-hydrogen) atoms. The highest BCUT2D eigenvalue weighted by Crippen LogP contribution is 2.35. The van der Waals surface area contributed by atoms with Gasteiger partial charge in [0.25, 0.3) is 0 Å². The van der Waals surface area contributed by atoms with Crippen LogP contribution in [-0.4, -0.2) is 6.18 Å². The quantitative estimate of drug-likeness (QED) is 0.810. The van der Waals surface area contributed by atoms with Crippen LogP contribution in [0.15, 0.2) is 16.7 Å². The molecule has 0 fully saturated rings. The fraction of sp³-hybridized carbons (Fsp3) is 0.600. The fourth-order valence-corrected chi connectivity index (χ4v) is 1.41. The minimum absolute atomic E-state index is 0.229. The molecule has 0 aromatic carbocycles. The first-order chi connectivity index (χ1) is 7.16.